The van der Waals surface area contributed by atoms with Crippen molar-refractivity contribution in [2.45, 2.75) is 31.6 Å². The van der Waals surface area contributed by atoms with E-state index in [9.17, 15) is 0 Å². The van der Waals surface area contributed by atoms with Crippen molar-refractivity contribution in [3.63, 3.8) is 0 Å². The maximum Gasteiger partial charge on any atom is 0.141 e. The van der Waals surface area contributed by atoms with Crippen LogP contribution < -0.4 is 0 Å². The number of H-pyrrole nitrogens is 1. The quantitative estimate of drug-likeness (QED) is 0.694. The van der Waals surface area contributed by atoms with Crippen molar-refractivity contribution in [3.05, 3.63) is 24.3 Å². The summed E-state index contributed by atoms with van der Waals surface area (Å²) in [5, 5.41) is 19.1. The number of aliphatic hydroxyl groups excluding tert-OH is 1. The Bertz CT molecular complexity index is 919. The molecule has 3 aromatic rings. The van der Waals surface area contributed by atoms with E-state index in [1.54, 1.807) is 6.33 Å². The minimum absolute atomic E-state index is 0.271. The molecule has 0 spiro atoms. The standard InChI is InChI=1S/C20H29N7O/c28-12-11-25-7-9-26(10-8-25)13-15-1-3-16(4-2-15)18-19-17-5-6-21-20(17)22-14-27(19)24-23-18/h5-6,14-16,21,28H,1-4,7-13H2. The van der Waals surface area contributed by atoms with Gasteiger partial charge in [-0.1, -0.05) is 5.21 Å². The minimum Gasteiger partial charge on any atom is -0.395 e. The minimum atomic E-state index is 0.271. The summed E-state index contributed by atoms with van der Waals surface area (Å²) in [5.41, 5.74) is 3.17. The summed E-state index contributed by atoms with van der Waals surface area (Å²) in [5.74, 6) is 1.28. The molecule has 5 rings (SSSR count). The van der Waals surface area contributed by atoms with Gasteiger partial charge in [-0.3, -0.25) is 4.90 Å². The second kappa shape index (κ2) is 7.77. The normalized spacial score (nSPS) is 25.0. The molecule has 1 saturated heterocycles. The molecule has 4 heterocycles. The highest BCUT2D eigenvalue weighted by molar-refractivity contribution is 5.92. The van der Waals surface area contributed by atoms with Gasteiger partial charge >= 0.3 is 0 Å². The van der Waals surface area contributed by atoms with Crippen molar-refractivity contribution >= 4 is 16.6 Å². The third-order valence-corrected chi connectivity index (χ3v) is 6.63. The largest absolute Gasteiger partial charge is 0.395 e. The van der Waals surface area contributed by atoms with Gasteiger partial charge in [0.05, 0.1) is 12.3 Å². The lowest BCUT2D eigenvalue weighted by Gasteiger charge is -2.37. The van der Waals surface area contributed by atoms with Gasteiger partial charge in [-0.25, -0.2) is 9.50 Å². The van der Waals surface area contributed by atoms with Crippen molar-refractivity contribution in [3.8, 4) is 0 Å². The molecule has 1 aliphatic carbocycles. The van der Waals surface area contributed by atoms with E-state index in [0.717, 1.165) is 60.9 Å². The SMILES string of the molecule is OCCN1CCN(CC2CCC(c3nnn4cnc5[nH]ccc5c34)CC2)CC1. The van der Waals surface area contributed by atoms with Crippen LogP contribution in [0.3, 0.4) is 0 Å². The fourth-order valence-corrected chi connectivity index (χ4v) is 5.01. The number of piperazine rings is 1. The lowest BCUT2D eigenvalue weighted by Crippen LogP contribution is -2.48. The number of hydrogen-bond acceptors (Lipinski definition) is 6. The molecule has 8 nitrogen and oxygen atoms in total. The van der Waals surface area contributed by atoms with Crippen LogP contribution in [-0.2, 0) is 0 Å². The van der Waals surface area contributed by atoms with Crippen molar-refractivity contribution in [2.24, 2.45) is 5.92 Å². The smallest absolute Gasteiger partial charge is 0.141 e. The van der Waals surface area contributed by atoms with Crippen LogP contribution in [0.2, 0.25) is 0 Å². The van der Waals surface area contributed by atoms with Crippen molar-refractivity contribution in [2.75, 3.05) is 45.9 Å². The molecule has 1 aliphatic heterocycles. The maximum atomic E-state index is 9.09. The first-order valence-corrected chi connectivity index (χ1v) is 10.5. The molecule has 0 bridgehead atoms. The van der Waals surface area contributed by atoms with Crippen LogP contribution in [0.25, 0.3) is 16.6 Å². The number of nitrogens with zero attached hydrogens (tertiary/aromatic N) is 6. The van der Waals surface area contributed by atoms with E-state index in [1.165, 1.54) is 32.2 Å². The Morgan fingerprint density at radius 1 is 1.07 bits per heavy atom. The lowest BCUT2D eigenvalue weighted by molar-refractivity contribution is 0.0944. The van der Waals surface area contributed by atoms with Gasteiger partial charge in [0, 0.05) is 56.8 Å². The Labute approximate surface area is 164 Å². The summed E-state index contributed by atoms with van der Waals surface area (Å²) in [6, 6.07) is 2.08. The molecule has 0 aromatic carbocycles. The molecule has 150 valence electrons. The van der Waals surface area contributed by atoms with Crippen LogP contribution in [0.1, 0.15) is 37.3 Å². The molecule has 0 atom stereocenters. The van der Waals surface area contributed by atoms with Crippen LogP contribution in [0, 0.1) is 5.92 Å². The summed E-state index contributed by atoms with van der Waals surface area (Å²) in [6.45, 7) is 6.74. The number of rotatable bonds is 5. The Morgan fingerprint density at radius 3 is 2.64 bits per heavy atom. The van der Waals surface area contributed by atoms with Crippen molar-refractivity contribution < 1.29 is 5.11 Å². The summed E-state index contributed by atoms with van der Waals surface area (Å²) in [4.78, 5) is 12.6. The fraction of sp³-hybridized carbons (Fsp3) is 0.650. The molecule has 2 N–H and O–H groups in total. The van der Waals surface area contributed by atoms with Gasteiger partial charge in [-0.2, -0.15) is 0 Å². The van der Waals surface area contributed by atoms with Crippen LogP contribution in [0.15, 0.2) is 18.6 Å². The zero-order valence-corrected chi connectivity index (χ0v) is 16.3. The first-order valence-electron chi connectivity index (χ1n) is 10.5. The highest BCUT2D eigenvalue weighted by atomic mass is 16.3. The van der Waals surface area contributed by atoms with Gasteiger partial charge in [0.1, 0.15) is 17.5 Å². The van der Waals surface area contributed by atoms with E-state index < -0.39 is 0 Å². The second-order valence-electron chi connectivity index (χ2n) is 8.34. The molecular formula is C20H29N7O. The van der Waals surface area contributed by atoms with E-state index in [1.807, 2.05) is 10.7 Å². The van der Waals surface area contributed by atoms with Crippen LogP contribution >= 0.6 is 0 Å². The van der Waals surface area contributed by atoms with E-state index >= 15 is 0 Å². The second-order valence-corrected chi connectivity index (χ2v) is 8.34. The van der Waals surface area contributed by atoms with E-state index in [-0.39, 0.29) is 6.61 Å². The van der Waals surface area contributed by atoms with Gasteiger partial charge in [0.2, 0.25) is 0 Å². The summed E-state index contributed by atoms with van der Waals surface area (Å²) in [6.07, 6.45) is 8.61. The average molecular weight is 384 g/mol. The molecule has 1 saturated carbocycles. The van der Waals surface area contributed by atoms with Gasteiger partial charge in [-0.05, 0) is 37.7 Å². The molecule has 2 aliphatic rings. The van der Waals surface area contributed by atoms with E-state index in [4.69, 9.17) is 5.11 Å². The molecule has 8 heteroatoms. The lowest BCUT2D eigenvalue weighted by atomic mass is 9.80. The number of aliphatic hydroxyl groups is 1. The van der Waals surface area contributed by atoms with Crippen molar-refractivity contribution in [1.29, 1.82) is 0 Å². The summed E-state index contributed by atoms with van der Waals surface area (Å²) < 4.78 is 1.82. The number of aromatic amines is 1. The van der Waals surface area contributed by atoms with Gasteiger partial charge in [-0.15, -0.1) is 5.10 Å². The molecule has 0 amide bonds. The van der Waals surface area contributed by atoms with E-state index in [2.05, 4.69) is 36.1 Å². The Hall–Kier alpha value is -2.03. The number of hydrogen-bond donors (Lipinski definition) is 2. The highest BCUT2D eigenvalue weighted by Crippen LogP contribution is 2.38. The van der Waals surface area contributed by atoms with Crippen LogP contribution in [0.5, 0.6) is 0 Å². The molecule has 0 unspecified atom stereocenters. The predicted molar refractivity (Wildman–Crippen MR) is 107 cm³/mol. The Morgan fingerprint density at radius 2 is 1.86 bits per heavy atom. The average Bonchev–Trinajstić information content (AvgIpc) is 3.36. The topological polar surface area (TPSA) is 85.6 Å². The van der Waals surface area contributed by atoms with Gasteiger partial charge in [0.15, 0.2) is 0 Å². The molecule has 0 radical (unpaired) electrons. The third kappa shape index (κ3) is 3.40. The number of aromatic nitrogens is 5. The Kier molecular flexibility index (Phi) is 5.00. The Balaban J connectivity index is 1.21. The van der Waals surface area contributed by atoms with Gasteiger partial charge in [0.25, 0.3) is 0 Å². The highest BCUT2D eigenvalue weighted by Gasteiger charge is 2.28. The third-order valence-electron chi connectivity index (χ3n) is 6.63. The zero-order valence-electron chi connectivity index (χ0n) is 16.3. The zero-order chi connectivity index (χ0) is 18.9. The van der Waals surface area contributed by atoms with Gasteiger partial charge < -0.3 is 15.0 Å². The molecular weight excluding hydrogens is 354 g/mol. The molecule has 28 heavy (non-hydrogen) atoms. The number of β-amino-alcohol motifs (C(OH)–C–C–N with tert-alkyl or cyclic N) is 1. The first-order chi connectivity index (χ1) is 13.8. The predicted octanol–water partition coefficient (Wildman–Crippen LogP) is 1.49. The maximum absolute atomic E-state index is 9.09. The number of nitrogens with one attached hydrogen (secondary N) is 1. The molecule has 2 fully saturated rings. The van der Waals surface area contributed by atoms with E-state index in [0.29, 0.717) is 5.92 Å². The summed E-state index contributed by atoms with van der Waals surface area (Å²) >= 11 is 0. The summed E-state index contributed by atoms with van der Waals surface area (Å²) in [7, 11) is 0. The van der Waals surface area contributed by atoms with Crippen LogP contribution in [0.4, 0.5) is 0 Å². The first kappa shape index (κ1) is 18.0. The van der Waals surface area contributed by atoms with Crippen LogP contribution in [-0.4, -0.2) is 85.6 Å². The fourth-order valence-electron chi connectivity index (χ4n) is 5.01. The number of fused-ring (bicyclic) bond motifs is 3. The monoisotopic (exact) mass is 383 g/mol. The molecule has 3 aromatic heterocycles. The van der Waals surface area contributed by atoms with Crippen molar-refractivity contribution in [1.82, 2.24) is 34.6 Å².